The predicted octanol–water partition coefficient (Wildman–Crippen LogP) is 3.03. The van der Waals surface area contributed by atoms with Gasteiger partial charge < -0.3 is 5.11 Å². The molecule has 0 aliphatic heterocycles. The van der Waals surface area contributed by atoms with Gasteiger partial charge in [0.1, 0.15) is 5.56 Å². The monoisotopic (exact) mass is 363 g/mol. The van der Waals surface area contributed by atoms with E-state index in [9.17, 15) is 14.7 Å². The molecule has 27 heavy (non-hydrogen) atoms. The number of aliphatic imine (C=N–C) groups is 1. The van der Waals surface area contributed by atoms with E-state index in [1.54, 1.807) is 12.1 Å². The third kappa shape index (κ3) is 3.89. The Balaban J connectivity index is 2.08. The summed E-state index contributed by atoms with van der Waals surface area (Å²) in [6, 6.07) is 14.9. The van der Waals surface area contributed by atoms with Crippen LogP contribution in [0.25, 0.3) is 5.69 Å². The molecule has 0 saturated carbocycles. The van der Waals surface area contributed by atoms with Gasteiger partial charge in [-0.15, -0.1) is 0 Å². The van der Waals surface area contributed by atoms with Crippen molar-refractivity contribution in [2.45, 2.75) is 26.8 Å². The zero-order valence-corrected chi connectivity index (χ0v) is 15.4. The van der Waals surface area contributed by atoms with Crippen LogP contribution in [-0.4, -0.2) is 20.9 Å². The Kier molecular flexibility index (Phi) is 5.07. The highest BCUT2D eigenvalue weighted by atomic mass is 16.3. The lowest BCUT2D eigenvalue weighted by Gasteiger charge is -2.12. The number of hydrogen-bond donors (Lipinski definition) is 2. The number of rotatable bonds is 4. The Hall–Kier alpha value is -3.41. The average molecular weight is 363 g/mol. The minimum atomic E-state index is -0.698. The zero-order chi connectivity index (χ0) is 19.6. The first-order valence-electron chi connectivity index (χ1n) is 8.62. The molecular formula is C21H21N3O3. The highest BCUT2D eigenvalue weighted by molar-refractivity contribution is 5.82. The smallest absolute Gasteiger partial charge is 0.335 e. The summed E-state index contributed by atoms with van der Waals surface area (Å²) < 4.78 is 1.08. The van der Waals surface area contributed by atoms with Gasteiger partial charge in [0.15, 0.2) is 0 Å². The summed E-state index contributed by atoms with van der Waals surface area (Å²) in [4.78, 5) is 31.1. The maximum absolute atomic E-state index is 12.3. The number of aromatic hydroxyl groups is 1. The number of nitrogens with one attached hydrogen (secondary N) is 1. The van der Waals surface area contributed by atoms with Crippen molar-refractivity contribution in [2.24, 2.45) is 4.99 Å². The van der Waals surface area contributed by atoms with E-state index in [-0.39, 0.29) is 11.6 Å². The summed E-state index contributed by atoms with van der Waals surface area (Å²) >= 11 is 0. The lowest BCUT2D eigenvalue weighted by molar-refractivity contribution is 0.430. The fourth-order valence-corrected chi connectivity index (χ4v) is 2.98. The SMILES string of the molecule is Cc1cc(C)cc(-n2c(O)c(C=N[C@@H](C)c3ccccc3)c(=O)[nH]c2=O)c1. The third-order valence-corrected chi connectivity index (χ3v) is 4.29. The van der Waals surface area contributed by atoms with Crippen LogP contribution >= 0.6 is 0 Å². The van der Waals surface area contributed by atoms with Crippen LogP contribution in [0.2, 0.25) is 0 Å². The lowest BCUT2D eigenvalue weighted by atomic mass is 10.1. The van der Waals surface area contributed by atoms with Crippen LogP contribution in [0.5, 0.6) is 5.88 Å². The van der Waals surface area contributed by atoms with Crippen molar-refractivity contribution in [2.75, 3.05) is 0 Å². The van der Waals surface area contributed by atoms with Crippen LogP contribution in [0.3, 0.4) is 0 Å². The molecule has 138 valence electrons. The molecule has 0 fully saturated rings. The first kappa shape index (κ1) is 18.4. The van der Waals surface area contributed by atoms with E-state index in [2.05, 4.69) is 9.98 Å². The van der Waals surface area contributed by atoms with Gasteiger partial charge in [-0.05, 0) is 49.6 Å². The van der Waals surface area contributed by atoms with Crippen molar-refractivity contribution in [1.82, 2.24) is 9.55 Å². The second kappa shape index (κ2) is 7.45. The molecule has 0 spiro atoms. The fourth-order valence-electron chi connectivity index (χ4n) is 2.98. The first-order chi connectivity index (χ1) is 12.9. The van der Waals surface area contributed by atoms with E-state index >= 15 is 0 Å². The fraction of sp³-hybridized carbons (Fsp3) is 0.190. The number of aryl methyl sites for hydroxylation is 2. The van der Waals surface area contributed by atoms with Crippen LogP contribution in [0, 0.1) is 13.8 Å². The van der Waals surface area contributed by atoms with Crippen LogP contribution in [-0.2, 0) is 0 Å². The summed E-state index contributed by atoms with van der Waals surface area (Å²) in [7, 11) is 0. The molecule has 2 aromatic carbocycles. The number of aromatic amines is 1. The molecule has 2 N–H and O–H groups in total. The highest BCUT2D eigenvalue weighted by Gasteiger charge is 2.15. The Morgan fingerprint density at radius 2 is 1.70 bits per heavy atom. The molecule has 0 bridgehead atoms. The molecule has 0 aliphatic rings. The molecule has 6 heteroatoms. The molecule has 0 saturated heterocycles. The van der Waals surface area contributed by atoms with E-state index in [0.29, 0.717) is 5.69 Å². The van der Waals surface area contributed by atoms with Gasteiger partial charge in [0, 0.05) is 6.21 Å². The van der Waals surface area contributed by atoms with Crippen molar-refractivity contribution in [3.8, 4) is 11.6 Å². The average Bonchev–Trinajstić information content (AvgIpc) is 2.61. The second-order valence-corrected chi connectivity index (χ2v) is 6.54. The Bertz CT molecular complexity index is 1090. The Morgan fingerprint density at radius 1 is 1.07 bits per heavy atom. The van der Waals surface area contributed by atoms with E-state index < -0.39 is 17.1 Å². The topological polar surface area (TPSA) is 87.4 Å². The molecule has 0 unspecified atom stereocenters. The molecule has 1 aromatic heterocycles. The van der Waals surface area contributed by atoms with Gasteiger partial charge in [-0.2, -0.15) is 0 Å². The van der Waals surface area contributed by atoms with E-state index in [1.807, 2.05) is 57.2 Å². The van der Waals surface area contributed by atoms with Gasteiger partial charge in [-0.25, -0.2) is 9.36 Å². The van der Waals surface area contributed by atoms with Crippen LogP contribution in [0.4, 0.5) is 0 Å². The summed E-state index contributed by atoms with van der Waals surface area (Å²) in [5.41, 5.74) is 1.91. The minimum absolute atomic E-state index is 0.0588. The number of nitrogens with zero attached hydrogens (tertiary/aromatic N) is 2. The molecular weight excluding hydrogens is 342 g/mol. The van der Waals surface area contributed by atoms with Crippen molar-refractivity contribution in [3.63, 3.8) is 0 Å². The first-order valence-corrected chi connectivity index (χ1v) is 8.62. The predicted molar refractivity (Wildman–Crippen MR) is 106 cm³/mol. The third-order valence-electron chi connectivity index (χ3n) is 4.29. The van der Waals surface area contributed by atoms with E-state index in [1.165, 1.54) is 6.21 Å². The summed E-state index contributed by atoms with van der Waals surface area (Å²) in [5, 5.41) is 10.6. The maximum Gasteiger partial charge on any atom is 0.335 e. The summed E-state index contributed by atoms with van der Waals surface area (Å²) in [5.74, 6) is -0.433. The number of aromatic nitrogens is 2. The lowest BCUT2D eigenvalue weighted by Crippen LogP contribution is -2.31. The molecule has 1 atom stereocenters. The number of benzene rings is 2. The standard InChI is InChI=1S/C21H21N3O3/c1-13-9-14(2)11-17(10-13)24-20(26)18(19(25)23-21(24)27)12-22-15(3)16-7-5-4-6-8-16/h4-12,15,26H,1-3H3,(H,23,25,27)/t15-/m0/s1. The summed E-state index contributed by atoms with van der Waals surface area (Å²) in [6.45, 7) is 5.68. The zero-order valence-electron chi connectivity index (χ0n) is 15.4. The molecule has 3 aromatic rings. The van der Waals surface area contributed by atoms with Crippen molar-refractivity contribution >= 4 is 6.21 Å². The van der Waals surface area contributed by atoms with Crippen LogP contribution in [0.1, 0.15) is 35.2 Å². The molecule has 0 radical (unpaired) electrons. The summed E-state index contributed by atoms with van der Waals surface area (Å²) in [6.07, 6.45) is 1.31. The van der Waals surface area contributed by atoms with Gasteiger partial charge in [0.05, 0.1) is 11.7 Å². The van der Waals surface area contributed by atoms with Gasteiger partial charge in [-0.1, -0.05) is 36.4 Å². The van der Waals surface area contributed by atoms with E-state index in [0.717, 1.165) is 21.3 Å². The van der Waals surface area contributed by atoms with E-state index in [4.69, 9.17) is 0 Å². The van der Waals surface area contributed by atoms with Gasteiger partial charge in [0.25, 0.3) is 5.56 Å². The molecule has 0 amide bonds. The molecule has 0 aliphatic carbocycles. The van der Waals surface area contributed by atoms with Crippen molar-refractivity contribution in [1.29, 1.82) is 0 Å². The maximum atomic E-state index is 12.3. The largest absolute Gasteiger partial charge is 0.493 e. The number of H-pyrrole nitrogens is 1. The second-order valence-electron chi connectivity index (χ2n) is 6.54. The normalized spacial score (nSPS) is 12.4. The van der Waals surface area contributed by atoms with Crippen LogP contribution < -0.4 is 11.2 Å². The Morgan fingerprint density at radius 3 is 2.33 bits per heavy atom. The highest BCUT2D eigenvalue weighted by Crippen LogP contribution is 2.20. The van der Waals surface area contributed by atoms with Crippen LogP contribution in [0.15, 0.2) is 63.1 Å². The quantitative estimate of drug-likeness (QED) is 0.699. The van der Waals surface area contributed by atoms with Gasteiger partial charge in [0.2, 0.25) is 5.88 Å². The molecule has 3 rings (SSSR count). The Labute approximate surface area is 156 Å². The van der Waals surface area contributed by atoms with Gasteiger partial charge in [-0.3, -0.25) is 14.8 Å². The van der Waals surface area contributed by atoms with Gasteiger partial charge >= 0.3 is 5.69 Å². The molecule has 1 heterocycles. The molecule has 6 nitrogen and oxygen atoms in total. The minimum Gasteiger partial charge on any atom is -0.493 e. The number of hydrogen-bond acceptors (Lipinski definition) is 4. The van der Waals surface area contributed by atoms with Crippen molar-refractivity contribution < 1.29 is 5.11 Å². The van der Waals surface area contributed by atoms with Crippen molar-refractivity contribution in [3.05, 3.63) is 91.6 Å².